The van der Waals surface area contributed by atoms with Crippen LogP contribution < -0.4 is 0 Å². The van der Waals surface area contributed by atoms with Gasteiger partial charge in [0.15, 0.2) is 0 Å². The molecule has 2 fully saturated rings. The third kappa shape index (κ3) is 2.98. The first kappa shape index (κ1) is 12.4. The summed E-state index contributed by atoms with van der Waals surface area (Å²) < 4.78 is 0. The molecule has 0 spiro atoms. The summed E-state index contributed by atoms with van der Waals surface area (Å²) in [5.74, 6) is 2.34. The lowest BCUT2D eigenvalue weighted by Gasteiger charge is -2.35. The molecule has 0 aromatic heterocycles. The van der Waals surface area contributed by atoms with Crippen molar-refractivity contribution in [2.45, 2.75) is 52.1 Å². The van der Waals surface area contributed by atoms with E-state index in [-0.39, 0.29) is 6.10 Å². The van der Waals surface area contributed by atoms with Gasteiger partial charge in [-0.15, -0.1) is 0 Å². The van der Waals surface area contributed by atoms with Gasteiger partial charge in [-0.05, 0) is 56.5 Å². The standard InChI is InChI=1S/C14H27NO/c1-11-6-8-15(10-12(11)2)9-7-13-4-3-5-14(13)16/h11-14,16H,3-10H2,1-2H3. The topological polar surface area (TPSA) is 23.5 Å². The molecule has 2 aliphatic rings. The lowest BCUT2D eigenvalue weighted by atomic mass is 9.88. The SMILES string of the molecule is CC1CCN(CCC2CCCC2O)CC1C. The Hall–Kier alpha value is -0.0800. The predicted molar refractivity (Wildman–Crippen MR) is 67.3 cm³/mol. The van der Waals surface area contributed by atoms with Gasteiger partial charge in [-0.3, -0.25) is 0 Å². The molecule has 0 bridgehead atoms. The van der Waals surface area contributed by atoms with E-state index in [0.29, 0.717) is 5.92 Å². The van der Waals surface area contributed by atoms with Crippen molar-refractivity contribution < 1.29 is 5.11 Å². The number of aliphatic hydroxyl groups is 1. The quantitative estimate of drug-likeness (QED) is 0.798. The third-order valence-corrected chi connectivity index (χ3v) is 4.85. The maximum Gasteiger partial charge on any atom is 0.0568 e. The van der Waals surface area contributed by atoms with Crippen LogP contribution in [0.15, 0.2) is 0 Å². The number of hydrogen-bond acceptors (Lipinski definition) is 2. The molecule has 2 heteroatoms. The fourth-order valence-corrected chi connectivity index (χ4v) is 3.25. The average Bonchev–Trinajstić information content (AvgIpc) is 2.66. The minimum atomic E-state index is 0.00105. The van der Waals surface area contributed by atoms with Crippen molar-refractivity contribution in [1.29, 1.82) is 0 Å². The summed E-state index contributed by atoms with van der Waals surface area (Å²) in [4.78, 5) is 2.61. The fraction of sp³-hybridized carbons (Fsp3) is 1.00. The highest BCUT2D eigenvalue weighted by atomic mass is 16.3. The molecular formula is C14H27NO. The maximum absolute atomic E-state index is 9.79. The summed E-state index contributed by atoms with van der Waals surface area (Å²) in [6.07, 6.45) is 6.09. The van der Waals surface area contributed by atoms with Crippen LogP contribution in [0.1, 0.15) is 46.0 Å². The molecule has 4 unspecified atom stereocenters. The Labute approximate surface area is 100 Å². The minimum absolute atomic E-state index is 0.00105. The molecule has 0 aromatic carbocycles. The fourth-order valence-electron chi connectivity index (χ4n) is 3.25. The second-order valence-electron chi connectivity index (χ2n) is 6.09. The highest BCUT2D eigenvalue weighted by Crippen LogP contribution is 2.29. The van der Waals surface area contributed by atoms with Gasteiger partial charge < -0.3 is 10.0 Å². The van der Waals surface area contributed by atoms with Crippen LogP contribution in [0.3, 0.4) is 0 Å². The monoisotopic (exact) mass is 225 g/mol. The van der Waals surface area contributed by atoms with Crippen molar-refractivity contribution >= 4 is 0 Å². The molecule has 2 rings (SSSR count). The molecule has 16 heavy (non-hydrogen) atoms. The summed E-state index contributed by atoms with van der Waals surface area (Å²) in [7, 11) is 0. The van der Waals surface area contributed by atoms with Gasteiger partial charge in [0.25, 0.3) is 0 Å². The summed E-state index contributed by atoms with van der Waals surface area (Å²) in [5, 5.41) is 9.79. The Balaban J connectivity index is 1.70. The minimum Gasteiger partial charge on any atom is -0.393 e. The van der Waals surface area contributed by atoms with Crippen molar-refractivity contribution in [2.75, 3.05) is 19.6 Å². The van der Waals surface area contributed by atoms with E-state index in [1.165, 1.54) is 45.3 Å². The molecule has 1 saturated heterocycles. The lowest BCUT2D eigenvalue weighted by molar-refractivity contribution is 0.0979. The van der Waals surface area contributed by atoms with Crippen LogP contribution >= 0.6 is 0 Å². The van der Waals surface area contributed by atoms with E-state index in [9.17, 15) is 5.11 Å². The van der Waals surface area contributed by atoms with E-state index in [2.05, 4.69) is 18.7 Å². The van der Waals surface area contributed by atoms with E-state index >= 15 is 0 Å². The molecular weight excluding hydrogens is 198 g/mol. The smallest absolute Gasteiger partial charge is 0.0568 e. The van der Waals surface area contributed by atoms with Crippen LogP contribution in [-0.2, 0) is 0 Å². The van der Waals surface area contributed by atoms with E-state index in [4.69, 9.17) is 0 Å². The van der Waals surface area contributed by atoms with Gasteiger partial charge in [-0.25, -0.2) is 0 Å². The summed E-state index contributed by atoms with van der Waals surface area (Å²) >= 11 is 0. The van der Waals surface area contributed by atoms with Crippen LogP contribution in [0.2, 0.25) is 0 Å². The summed E-state index contributed by atoms with van der Waals surface area (Å²) in [6.45, 7) is 8.50. The number of hydrogen-bond donors (Lipinski definition) is 1. The largest absolute Gasteiger partial charge is 0.393 e. The van der Waals surface area contributed by atoms with Crippen molar-refractivity contribution in [3.63, 3.8) is 0 Å². The van der Waals surface area contributed by atoms with Crippen molar-refractivity contribution in [3.8, 4) is 0 Å². The van der Waals surface area contributed by atoms with Gasteiger partial charge in [-0.1, -0.05) is 20.3 Å². The Morgan fingerprint density at radius 1 is 1.12 bits per heavy atom. The zero-order valence-electron chi connectivity index (χ0n) is 10.9. The first-order valence-electron chi connectivity index (χ1n) is 7.07. The molecule has 1 heterocycles. The van der Waals surface area contributed by atoms with E-state index in [0.717, 1.165) is 18.3 Å². The number of nitrogens with zero attached hydrogens (tertiary/aromatic N) is 1. The Morgan fingerprint density at radius 3 is 2.56 bits per heavy atom. The van der Waals surface area contributed by atoms with Crippen molar-refractivity contribution in [1.82, 2.24) is 4.90 Å². The number of rotatable bonds is 3. The van der Waals surface area contributed by atoms with Crippen molar-refractivity contribution in [3.05, 3.63) is 0 Å². The maximum atomic E-state index is 9.79. The van der Waals surface area contributed by atoms with E-state index in [1.807, 2.05) is 0 Å². The molecule has 4 atom stereocenters. The number of aliphatic hydroxyl groups excluding tert-OH is 1. The molecule has 0 aromatic rings. The molecule has 1 saturated carbocycles. The van der Waals surface area contributed by atoms with Gasteiger partial charge in [0.1, 0.15) is 0 Å². The second kappa shape index (κ2) is 5.50. The highest BCUT2D eigenvalue weighted by molar-refractivity contribution is 4.80. The number of likely N-dealkylation sites (tertiary alicyclic amines) is 1. The van der Waals surface area contributed by atoms with Crippen LogP contribution in [0.4, 0.5) is 0 Å². The molecule has 1 aliphatic carbocycles. The van der Waals surface area contributed by atoms with Crippen LogP contribution in [0.5, 0.6) is 0 Å². The second-order valence-corrected chi connectivity index (χ2v) is 6.09. The van der Waals surface area contributed by atoms with Crippen LogP contribution in [-0.4, -0.2) is 35.7 Å². The summed E-state index contributed by atoms with van der Waals surface area (Å²) in [5.41, 5.74) is 0. The number of piperidine rings is 1. The molecule has 1 aliphatic heterocycles. The Bertz CT molecular complexity index is 219. The summed E-state index contributed by atoms with van der Waals surface area (Å²) in [6, 6.07) is 0. The first-order valence-corrected chi connectivity index (χ1v) is 7.07. The molecule has 0 amide bonds. The van der Waals surface area contributed by atoms with E-state index in [1.54, 1.807) is 0 Å². The Morgan fingerprint density at radius 2 is 1.94 bits per heavy atom. The zero-order chi connectivity index (χ0) is 11.5. The predicted octanol–water partition coefficient (Wildman–Crippen LogP) is 2.52. The molecule has 94 valence electrons. The molecule has 0 radical (unpaired) electrons. The highest BCUT2D eigenvalue weighted by Gasteiger charge is 2.27. The van der Waals surface area contributed by atoms with E-state index < -0.39 is 0 Å². The third-order valence-electron chi connectivity index (χ3n) is 4.85. The lowest BCUT2D eigenvalue weighted by Crippen LogP contribution is -2.39. The van der Waals surface area contributed by atoms with Gasteiger partial charge in [0.2, 0.25) is 0 Å². The molecule has 2 nitrogen and oxygen atoms in total. The molecule has 1 N–H and O–H groups in total. The van der Waals surface area contributed by atoms with Crippen LogP contribution in [0, 0.1) is 17.8 Å². The van der Waals surface area contributed by atoms with Gasteiger partial charge in [0, 0.05) is 6.54 Å². The van der Waals surface area contributed by atoms with Gasteiger partial charge in [0.05, 0.1) is 6.10 Å². The first-order chi connectivity index (χ1) is 7.66. The zero-order valence-corrected chi connectivity index (χ0v) is 10.9. The average molecular weight is 225 g/mol. The normalized spacial score (nSPS) is 41.4. The van der Waals surface area contributed by atoms with Crippen LogP contribution in [0.25, 0.3) is 0 Å². The van der Waals surface area contributed by atoms with Gasteiger partial charge >= 0.3 is 0 Å². The van der Waals surface area contributed by atoms with Crippen molar-refractivity contribution in [2.24, 2.45) is 17.8 Å². The Kier molecular flexibility index (Phi) is 4.26. The van der Waals surface area contributed by atoms with Gasteiger partial charge in [-0.2, -0.15) is 0 Å².